The third kappa shape index (κ3) is 3.30. The van der Waals surface area contributed by atoms with Crippen LogP contribution in [0.4, 0.5) is 5.82 Å². The zero-order chi connectivity index (χ0) is 13.7. The van der Waals surface area contributed by atoms with Gasteiger partial charge in [0.05, 0.1) is 0 Å². The predicted molar refractivity (Wildman–Crippen MR) is 72.5 cm³/mol. The molecule has 0 spiro atoms. The Hall–Kier alpha value is -1.91. The lowest BCUT2D eigenvalue weighted by Gasteiger charge is -2.34. The highest BCUT2D eigenvalue weighted by atomic mass is 16.2. The number of pyridine rings is 1. The van der Waals surface area contributed by atoms with E-state index in [1.165, 1.54) is 0 Å². The standard InChI is InChI=1S/C14H19N3O2/c1-2-11-7-4-6-10-17(11)14(19)13(18)16-12-8-3-5-9-15-12/h3,5,8-9,11H,2,4,6-7,10H2,1H3,(H,15,16,18). The van der Waals surface area contributed by atoms with Gasteiger partial charge in [0.25, 0.3) is 0 Å². The topological polar surface area (TPSA) is 62.3 Å². The molecule has 2 rings (SSSR count). The molecule has 2 heterocycles. The number of nitrogens with one attached hydrogen (secondary N) is 1. The van der Waals surface area contributed by atoms with Gasteiger partial charge in [0.15, 0.2) is 0 Å². The molecule has 1 atom stereocenters. The summed E-state index contributed by atoms with van der Waals surface area (Å²) in [6, 6.07) is 5.38. The molecule has 1 aromatic rings. The normalized spacial score (nSPS) is 19.0. The van der Waals surface area contributed by atoms with E-state index in [4.69, 9.17) is 0 Å². The summed E-state index contributed by atoms with van der Waals surface area (Å²) in [7, 11) is 0. The summed E-state index contributed by atoms with van der Waals surface area (Å²) >= 11 is 0. The van der Waals surface area contributed by atoms with Crippen molar-refractivity contribution in [2.75, 3.05) is 11.9 Å². The van der Waals surface area contributed by atoms with Crippen LogP contribution in [0.15, 0.2) is 24.4 Å². The van der Waals surface area contributed by atoms with Crippen molar-refractivity contribution < 1.29 is 9.59 Å². The highest BCUT2D eigenvalue weighted by Crippen LogP contribution is 2.19. The summed E-state index contributed by atoms with van der Waals surface area (Å²) in [5.74, 6) is -0.637. The quantitative estimate of drug-likeness (QED) is 0.826. The van der Waals surface area contributed by atoms with Crippen LogP contribution in [-0.4, -0.2) is 34.3 Å². The monoisotopic (exact) mass is 261 g/mol. The highest BCUT2D eigenvalue weighted by Gasteiger charge is 2.29. The van der Waals surface area contributed by atoms with Crippen molar-refractivity contribution in [2.45, 2.75) is 38.6 Å². The van der Waals surface area contributed by atoms with Crippen molar-refractivity contribution in [3.63, 3.8) is 0 Å². The molecule has 1 aliphatic rings. The Balaban J connectivity index is 2.00. The molecule has 2 amide bonds. The van der Waals surface area contributed by atoms with Crippen LogP contribution in [0.25, 0.3) is 0 Å². The Kier molecular flexibility index (Phi) is 4.49. The van der Waals surface area contributed by atoms with E-state index in [1.807, 2.05) is 6.92 Å². The van der Waals surface area contributed by atoms with Crippen LogP contribution in [0.3, 0.4) is 0 Å². The van der Waals surface area contributed by atoms with Crippen LogP contribution in [0.2, 0.25) is 0 Å². The molecule has 1 saturated heterocycles. The second-order valence-electron chi connectivity index (χ2n) is 4.73. The van der Waals surface area contributed by atoms with Gasteiger partial charge in [0.1, 0.15) is 5.82 Å². The van der Waals surface area contributed by atoms with Gasteiger partial charge in [-0.25, -0.2) is 4.98 Å². The van der Waals surface area contributed by atoms with Gasteiger partial charge in [-0.2, -0.15) is 0 Å². The molecule has 1 aliphatic heterocycles. The van der Waals surface area contributed by atoms with Crippen molar-refractivity contribution in [3.8, 4) is 0 Å². The first kappa shape index (κ1) is 13.5. The third-order valence-corrected chi connectivity index (χ3v) is 3.46. The maximum atomic E-state index is 12.2. The smallest absolute Gasteiger partial charge is 0.315 e. The van der Waals surface area contributed by atoms with Crippen LogP contribution in [0.1, 0.15) is 32.6 Å². The average Bonchev–Trinajstić information content (AvgIpc) is 2.47. The Labute approximate surface area is 113 Å². The van der Waals surface area contributed by atoms with E-state index in [9.17, 15) is 9.59 Å². The zero-order valence-corrected chi connectivity index (χ0v) is 11.1. The third-order valence-electron chi connectivity index (χ3n) is 3.46. The van der Waals surface area contributed by atoms with Crippen LogP contribution in [0.5, 0.6) is 0 Å². The fourth-order valence-corrected chi connectivity index (χ4v) is 2.43. The van der Waals surface area contributed by atoms with Crippen LogP contribution < -0.4 is 5.32 Å². The van der Waals surface area contributed by atoms with E-state index in [0.717, 1.165) is 25.7 Å². The average molecular weight is 261 g/mol. The number of hydrogen-bond donors (Lipinski definition) is 1. The van der Waals surface area contributed by atoms with Crippen molar-refractivity contribution in [3.05, 3.63) is 24.4 Å². The van der Waals surface area contributed by atoms with Gasteiger partial charge in [-0.3, -0.25) is 9.59 Å². The first-order chi connectivity index (χ1) is 9.22. The molecule has 102 valence electrons. The van der Waals surface area contributed by atoms with E-state index in [2.05, 4.69) is 10.3 Å². The molecule has 5 heteroatoms. The molecule has 0 radical (unpaired) electrons. The number of piperidine rings is 1. The van der Waals surface area contributed by atoms with Crippen molar-refractivity contribution in [1.29, 1.82) is 0 Å². The van der Waals surface area contributed by atoms with E-state index < -0.39 is 11.8 Å². The van der Waals surface area contributed by atoms with Gasteiger partial charge in [0.2, 0.25) is 0 Å². The summed E-state index contributed by atoms with van der Waals surface area (Å²) < 4.78 is 0. The van der Waals surface area contributed by atoms with Crippen LogP contribution in [-0.2, 0) is 9.59 Å². The minimum atomic E-state index is -0.598. The Morgan fingerprint density at radius 1 is 1.42 bits per heavy atom. The Bertz CT molecular complexity index is 447. The second-order valence-corrected chi connectivity index (χ2v) is 4.73. The van der Waals surface area contributed by atoms with E-state index in [1.54, 1.807) is 29.3 Å². The lowest BCUT2D eigenvalue weighted by Crippen LogP contribution is -2.48. The van der Waals surface area contributed by atoms with E-state index >= 15 is 0 Å². The van der Waals surface area contributed by atoms with Gasteiger partial charge in [0, 0.05) is 18.8 Å². The largest absolute Gasteiger partial charge is 0.331 e. The summed E-state index contributed by atoms with van der Waals surface area (Å²) in [5.41, 5.74) is 0. The molecule has 19 heavy (non-hydrogen) atoms. The number of anilines is 1. The van der Waals surface area contributed by atoms with E-state index in [-0.39, 0.29) is 6.04 Å². The summed E-state index contributed by atoms with van der Waals surface area (Å²) in [4.78, 5) is 29.8. The maximum absolute atomic E-state index is 12.2. The zero-order valence-electron chi connectivity index (χ0n) is 11.1. The minimum Gasteiger partial charge on any atom is -0.331 e. The molecule has 1 N–H and O–H groups in total. The molecule has 5 nitrogen and oxygen atoms in total. The summed E-state index contributed by atoms with van der Waals surface area (Å²) in [6.45, 7) is 2.72. The van der Waals surface area contributed by atoms with Crippen molar-refractivity contribution in [1.82, 2.24) is 9.88 Å². The minimum absolute atomic E-state index is 0.190. The Morgan fingerprint density at radius 3 is 2.95 bits per heavy atom. The summed E-state index contributed by atoms with van der Waals surface area (Å²) in [6.07, 6.45) is 5.56. The van der Waals surface area contributed by atoms with Crippen molar-refractivity contribution >= 4 is 17.6 Å². The molecule has 1 unspecified atom stereocenters. The number of nitrogens with zero attached hydrogens (tertiary/aromatic N) is 2. The number of carbonyl (C=O) groups excluding carboxylic acids is 2. The number of carbonyl (C=O) groups is 2. The lowest BCUT2D eigenvalue weighted by atomic mass is 10.00. The fraction of sp³-hybridized carbons (Fsp3) is 0.500. The molecule has 0 saturated carbocycles. The first-order valence-electron chi connectivity index (χ1n) is 6.75. The van der Waals surface area contributed by atoms with Gasteiger partial charge in [-0.15, -0.1) is 0 Å². The maximum Gasteiger partial charge on any atom is 0.315 e. The van der Waals surface area contributed by atoms with Gasteiger partial charge in [-0.1, -0.05) is 13.0 Å². The number of hydrogen-bond acceptors (Lipinski definition) is 3. The number of rotatable bonds is 2. The summed E-state index contributed by atoms with van der Waals surface area (Å²) in [5, 5.41) is 2.54. The van der Waals surface area contributed by atoms with Gasteiger partial charge >= 0.3 is 11.8 Å². The van der Waals surface area contributed by atoms with Gasteiger partial charge < -0.3 is 10.2 Å². The van der Waals surface area contributed by atoms with E-state index in [0.29, 0.717) is 12.4 Å². The fourth-order valence-electron chi connectivity index (χ4n) is 2.43. The lowest BCUT2D eigenvalue weighted by molar-refractivity contribution is -0.145. The second kappa shape index (κ2) is 6.31. The molecule has 0 bridgehead atoms. The van der Waals surface area contributed by atoms with Gasteiger partial charge in [-0.05, 0) is 37.8 Å². The molecule has 1 aromatic heterocycles. The predicted octanol–water partition coefficient (Wildman–Crippen LogP) is 1.81. The van der Waals surface area contributed by atoms with Crippen LogP contribution in [0, 0.1) is 0 Å². The molecule has 1 fully saturated rings. The molecule has 0 aromatic carbocycles. The Morgan fingerprint density at radius 2 is 2.26 bits per heavy atom. The molecular weight excluding hydrogens is 242 g/mol. The highest BCUT2D eigenvalue weighted by molar-refractivity contribution is 6.39. The SMILES string of the molecule is CCC1CCCCN1C(=O)C(=O)Nc1ccccn1. The number of aromatic nitrogens is 1. The number of amides is 2. The van der Waals surface area contributed by atoms with Crippen molar-refractivity contribution in [2.24, 2.45) is 0 Å². The molecule has 0 aliphatic carbocycles. The molecular formula is C14H19N3O2. The number of likely N-dealkylation sites (tertiary alicyclic amines) is 1. The van der Waals surface area contributed by atoms with Crippen LogP contribution >= 0.6 is 0 Å². The first-order valence-corrected chi connectivity index (χ1v) is 6.75.